The zero-order valence-corrected chi connectivity index (χ0v) is 12.8. The number of methoxy groups -OCH3 is 1. The van der Waals surface area contributed by atoms with Gasteiger partial charge in [0.15, 0.2) is 11.6 Å². The van der Waals surface area contributed by atoms with Gasteiger partial charge in [0.05, 0.1) is 7.11 Å². The van der Waals surface area contributed by atoms with E-state index in [1.165, 1.54) is 19.1 Å². The average molecular weight is 324 g/mol. The molecule has 4 nitrogen and oxygen atoms in total. The van der Waals surface area contributed by atoms with Gasteiger partial charge >= 0.3 is 0 Å². The lowest BCUT2D eigenvalue weighted by Gasteiger charge is -2.13. The van der Waals surface area contributed by atoms with Crippen molar-refractivity contribution in [1.29, 1.82) is 0 Å². The molecule has 2 aromatic rings. The molecule has 0 aliphatic rings. The number of nitrogens with one attached hydrogen (secondary N) is 1. The molecule has 0 spiro atoms. The molecule has 0 saturated heterocycles. The van der Waals surface area contributed by atoms with E-state index >= 15 is 0 Å². The first-order valence-electron chi connectivity index (χ1n) is 6.66. The number of aryl methyl sites for hydroxylation is 1. The summed E-state index contributed by atoms with van der Waals surface area (Å²) in [5.41, 5.74) is 5.83. The van der Waals surface area contributed by atoms with Crippen LogP contribution in [0.3, 0.4) is 0 Å². The molecule has 0 fully saturated rings. The maximum Gasteiger partial charge on any atom is 0.261 e. The summed E-state index contributed by atoms with van der Waals surface area (Å²) in [5, 5.41) is 2.29. The molecule has 0 atom stereocenters. The van der Waals surface area contributed by atoms with Crippen LogP contribution in [0.15, 0.2) is 18.2 Å². The Morgan fingerprint density at radius 2 is 1.78 bits per heavy atom. The van der Waals surface area contributed by atoms with E-state index in [1.807, 2.05) is 0 Å². The first kappa shape index (κ1) is 16.7. The van der Waals surface area contributed by atoms with Gasteiger partial charge in [0.1, 0.15) is 11.4 Å². The van der Waals surface area contributed by atoms with Crippen LogP contribution in [0, 0.1) is 31.3 Å². The lowest BCUT2D eigenvalue weighted by Crippen LogP contribution is -2.18. The predicted molar refractivity (Wildman–Crippen MR) is 81.1 cm³/mol. The number of amides is 1. The Morgan fingerprint density at radius 1 is 1.13 bits per heavy atom. The molecule has 3 N–H and O–H groups in total. The summed E-state index contributed by atoms with van der Waals surface area (Å²) in [7, 11) is 1.08. The van der Waals surface area contributed by atoms with Crippen molar-refractivity contribution >= 4 is 17.3 Å². The van der Waals surface area contributed by atoms with Crippen LogP contribution in [0.5, 0.6) is 5.75 Å². The second-order valence-electron chi connectivity index (χ2n) is 5.00. The number of rotatable bonds is 3. The molecule has 2 aromatic carbocycles. The second-order valence-corrected chi connectivity index (χ2v) is 5.00. The van der Waals surface area contributed by atoms with E-state index in [9.17, 15) is 18.0 Å². The van der Waals surface area contributed by atoms with Crippen LogP contribution in [0.1, 0.15) is 21.5 Å². The number of nitrogen functional groups attached to an aromatic ring is 1. The van der Waals surface area contributed by atoms with E-state index in [4.69, 9.17) is 5.73 Å². The molecule has 2 rings (SSSR count). The van der Waals surface area contributed by atoms with E-state index in [1.54, 1.807) is 13.0 Å². The molecule has 7 heteroatoms. The third-order valence-corrected chi connectivity index (χ3v) is 3.47. The monoisotopic (exact) mass is 324 g/mol. The standard InChI is InChI=1S/C16H15F3N2O2/c1-7-4-5-9(6-10(7)20)21-16(22)11-12(17)8(2)15(23-3)14(19)13(11)18/h4-6H,20H2,1-3H3,(H,21,22). The number of carbonyl (C=O) groups is 1. The summed E-state index contributed by atoms with van der Waals surface area (Å²) in [6.07, 6.45) is 0. The highest BCUT2D eigenvalue weighted by Crippen LogP contribution is 2.31. The summed E-state index contributed by atoms with van der Waals surface area (Å²) in [6.45, 7) is 2.96. The minimum absolute atomic E-state index is 0.241. The summed E-state index contributed by atoms with van der Waals surface area (Å²) in [4.78, 5) is 12.1. The normalized spacial score (nSPS) is 10.5. The van der Waals surface area contributed by atoms with Crippen molar-refractivity contribution in [2.75, 3.05) is 18.2 Å². The summed E-state index contributed by atoms with van der Waals surface area (Å²) in [5.74, 6) is -5.90. The number of hydrogen-bond acceptors (Lipinski definition) is 3. The fourth-order valence-corrected chi connectivity index (χ4v) is 2.11. The van der Waals surface area contributed by atoms with Gasteiger partial charge in [-0.1, -0.05) is 6.07 Å². The number of hydrogen-bond donors (Lipinski definition) is 2. The van der Waals surface area contributed by atoms with Crippen LogP contribution < -0.4 is 15.8 Å². The maximum atomic E-state index is 14.2. The molecule has 0 aliphatic carbocycles. The van der Waals surface area contributed by atoms with E-state index < -0.39 is 34.7 Å². The first-order chi connectivity index (χ1) is 10.8. The van der Waals surface area contributed by atoms with E-state index in [2.05, 4.69) is 10.1 Å². The van der Waals surface area contributed by atoms with Gasteiger partial charge in [0.2, 0.25) is 5.82 Å². The molecule has 0 radical (unpaired) electrons. The molecule has 0 aromatic heterocycles. The third-order valence-electron chi connectivity index (χ3n) is 3.47. The number of halogens is 3. The Hall–Kier alpha value is -2.70. The van der Waals surface area contributed by atoms with Crippen molar-refractivity contribution in [2.45, 2.75) is 13.8 Å². The van der Waals surface area contributed by atoms with Crippen molar-refractivity contribution < 1.29 is 22.7 Å². The Balaban J connectivity index is 2.45. The number of ether oxygens (including phenoxy) is 1. The predicted octanol–water partition coefficient (Wildman–Crippen LogP) is 3.56. The van der Waals surface area contributed by atoms with E-state index in [0.717, 1.165) is 12.7 Å². The van der Waals surface area contributed by atoms with Gasteiger partial charge in [-0.2, -0.15) is 4.39 Å². The second kappa shape index (κ2) is 6.20. The minimum Gasteiger partial charge on any atom is -0.493 e. The molecule has 0 aliphatic heterocycles. The van der Waals surface area contributed by atoms with Crippen LogP contribution >= 0.6 is 0 Å². The molecule has 122 valence electrons. The fourth-order valence-electron chi connectivity index (χ4n) is 2.11. The van der Waals surface area contributed by atoms with Gasteiger partial charge in [-0.15, -0.1) is 0 Å². The van der Waals surface area contributed by atoms with Crippen molar-refractivity contribution in [3.05, 3.63) is 52.3 Å². The molecule has 0 saturated carbocycles. The highest BCUT2D eigenvalue weighted by Gasteiger charge is 2.27. The lowest BCUT2D eigenvalue weighted by molar-refractivity contribution is 0.101. The Morgan fingerprint density at radius 3 is 2.35 bits per heavy atom. The fraction of sp³-hybridized carbons (Fsp3) is 0.188. The first-order valence-corrected chi connectivity index (χ1v) is 6.66. The van der Waals surface area contributed by atoms with Crippen molar-refractivity contribution in [2.24, 2.45) is 0 Å². The molecule has 0 heterocycles. The van der Waals surface area contributed by atoms with Gasteiger partial charge in [0, 0.05) is 16.9 Å². The van der Waals surface area contributed by atoms with E-state index in [-0.39, 0.29) is 11.3 Å². The maximum absolute atomic E-state index is 14.2. The van der Waals surface area contributed by atoms with Gasteiger partial charge in [-0.05, 0) is 31.5 Å². The van der Waals surface area contributed by atoms with Crippen molar-refractivity contribution in [3.63, 3.8) is 0 Å². The van der Waals surface area contributed by atoms with Crippen LogP contribution in [-0.4, -0.2) is 13.0 Å². The van der Waals surface area contributed by atoms with Crippen molar-refractivity contribution in [3.8, 4) is 5.75 Å². The van der Waals surface area contributed by atoms with E-state index in [0.29, 0.717) is 5.69 Å². The lowest BCUT2D eigenvalue weighted by atomic mass is 10.1. The smallest absolute Gasteiger partial charge is 0.261 e. The summed E-state index contributed by atoms with van der Waals surface area (Å²) in [6, 6.07) is 4.60. The quantitative estimate of drug-likeness (QED) is 0.670. The number of carbonyl (C=O) groups excluding carboxylic acids is 1. The van der Waals surface area contributed by atoms with Gasteiger partial charge < -0.3 is 15.8 Å². The SMILES string of the molecule is COc1c(C)c(F)c(C(=O)Nc2ccc(C)c(N)c2)c(F)c1F. The molecule has 23 heavy (non-hydrogen) atoms. The highest BCUT2D eigenvalue weighted by molar-refractivity contribution is 6.05. The number of anilines is 2. The van der Waals surface area contributed by atoms with Crippen LogP contribution in [0.25, 0.3) is 0 Å². The Bertz CT molecular complexity index is 762. The zero-order valence-electron chi connectivity index (χ0n) is 12.8. The largest absolute Gasteiger partial charge is 0.493 e. The topological polar surface area (TPSA) is 64.3 Å². The van der Waals surface area contributed by atoms with Gasteiger partial charge in [0.25, 0.3) is 5.91 Å². The molecule has 1 amide bonds. The Kier molecular flexibility index (Phi) is 4.49. The zero-order chi connectivity index (χ0) is 17.3. The molecular formula is C16H15F3N2O2. The van der Waals surface area contributed by atoms with Gasteiger partial charge in [-0.3, -0.25) is 4.79 Å². The highest BCUT2D eigenvalue weighted by atomic mass is 19.2. The van der Waals surface area contributed by atoms with Crippen LogP contribution in [0.2, 0.25) is 0 Å². The van der Waals surface area contributed by atoms with Crippen molar-refractivity contribution in [1.82, 2.24) is 0 Å². The molecule has 0 bridgehead atoms. The summed E-state index contributed by atoms with van der Waals surface area (Å²) >= 11 is 0. The van der Waals surface area contributed by atoms with Crippen LogP contribution in [-0.2, 0) is 0 Å². The molecular weight excluding hydrogens is 309 g/mol. The summed E-state index contributed by atoms with van der Waals surface area (Å²) < 4.78 is 46.7. The molecule has 0 unspecified atom stereocenters. The average Bonchev–Trinajstić information content (AvgIpc) is 2.50. The van der Waals surface area contributed by atoms with Crippen LogP contribution in [0.4, 0.5) is 24.5 Å². The minimum atomic E-state index is -1.61. The number of nitrogens with two attached hydrogens (primary N) is 1. The Labute approximate surface area is 131 Å². The number of benzene rings is 2. The third kappa shape index (κ3) is 2.94. The van der Waals surface area contributed by atoms with Gasteiger partial charge in [-0.25, -0.2) is 8.78 Å².